The third kappa shape index (κ3) is 6.21. The van der Waals surface area contributed by atoms with E-state index in [-0.39, 0.29) is 33.1 Å². The van der Waals surface area contributed by atoms with Gasteiger partial charge in [0.2, 0.25) is 5.91 Å². The molecule has 0 heterocycles. The summed E-state index contributed by atoms with van der Waals surface area (Å²) in [5.74, 6) is -1.69. The Bertz CT molecular complexity index is 1410. The summed E-state index contributed by atoms with van der Waals surface area (Å²) in [4.78, 5) is 37.3. The van der Waals surface area contributed by atoms with Crippen LogP contribution in [0.15, 0.2) is 71.6 Å². The number of ether oxygens (including phenoxy) is 4. The molecule has 0 saturated carbocycles. The van der Waals surface area contributed by atoms with Gasteiger partial charge in [0.15, 0.2) is 0 Å². The Hall–Kier alpha value is -4.58. The fourth-order valence-electron chi connectivity index (χ4n) is 3.51. The molecule has 0 aliphatic carbocycles. The van der Waals surface area contributed by atoms with Crippen molar-refractivity contribution in [2.75, 3.05) is 44.6 Å². The monoisotopic (exact) mass is 542 g/mol. The van der Waals surface area contributed by atoms with Crippen molar-refractivity contribution in [1.29, 1.82) is 0 Å². The van der Waals surface area contributed by atoms with Gasteiger partial charge in [0.25, 0.3) is 10.0 Å². The minimum absolute atomic E-state index is 0.0173. The number of rotatable bonds is 10. The highest BCUT2D eigenvalue weighted by molar-refractivity contribution is 7.92. The Morgan fingerprint density at radius 3 is 1.92 bits per heavy atom. The van der Waals surface area contributed by atoms with Crippen molar-refractivity contribution < 1.29 is 41.7 Å². The molecule has 0 aromatic heterocycles. The van der Waals surface area contributed by atoms with Gasteiger partial charge in [-0.05, 0) is 42.5 Å². The van der Waals surface area contributed by atoms with Crippen LogP contribution in [0, 0.1) is 0 Å². The lowest BCUT2D eigenvalue weighted by Gasteiger charge is -2.26. The lowest BCUT2D eigenvalue weighted by atomic mass is 10.1. The molecule has 0 radical (unpaired) electrons. The van der Waals surface area contributed by atoms with Crippen molar-refractivity contribution in [3.8, 4) is 11.5 Å². The molecule has 1 N–H and O–H groups in total. The van der Waals surface area contributed by atoms with Gasteiger partial charge >= 0.3 is 11.9 Å². The maximum atomic E-state index is 13.6. The molecule has 200 valence electrons. The van der Waals surface area contributed by atoms with Gasteiger partial charge in [0.1, 0.15) is 18.0 Å². The van der Waals surface area contributed by atoms with Crippen LogP contribution in [0.5, 0.6) is 11.5 Å². The molecule has 0 atom stereocenters. The number of hydrogen-bond acceptors (Lipinski definition) is 9. The van der Waals surface area contributed by atoms with E-state index in [9.17, 15) is 22.8 Å². The molecule has 1 amide bonds. The second-order valence-electron chi connectivity index (χ2n) is 7.69. The van der Waals surface area contributed by atoms with Crippen LogP contribution in [0.1, 0.15) is 20.7 Å². The summed E-state index contributed by atoms with van der Waals surface area (Å²) in [5.41, 5.74) is 0.107. The van der Waals surface area contributed by atoms with Crippen molar-refractivity contribution in [1.82, 2.24) is 0 Å². The first kappa shape index (κ1) is 28.0. The van der Waals surface area contributed by atoms with E-state index in [1.807, 2.05) is 0 Å². The number of amides is 1. The molecule has 38 heavy (non-hydrogen) atoms. The first-order valence-electron chi connectivity index (χ1n) is 11.1. The van der Waals surface area contributed by atoms with Crippen LogP contribution >= 0.6 is 0 Å². The molecule has 0 fully saturated rings. The molecule has 0 aliphatic heterocycles. The standard InChI is InChI=1S/C26H26N2O9S/c1-34-20-10-11-22(23(15-20)35-2)28(38(32,33)21-8-6-5-7-9-21)16-24(29)27-19-13-17(25(30)36-3)12-18(14-19)26(31)37-4/h5-15H,16H2,1-4H3,(H,27,29). The van der Waals surface area contributed by atoms with Crippen LogP contribution in [-0.2, 0) is 24.3 Å². The lowest BCUT2D eigenvalue weighted by molar-refractivity contribution is -0.114. The predicted octanol–water partition coefficient (Wildman–Crippen LogP) is 3.11. The Kier molecular flexibility index (Phi) is 8.92. The molecule has 3 aromatic rings. The molecule has 12 heteroatoms. The third-order valence-corrected chi connectivity index (χ3v) is 7.11. The van der Waals surface area contributed by atoms with Crippen molar-refractivity contribution in [3.05, 3.63) is 77.9 Å². The molecular formula is C26H26N2O9S. The molecule has 11 nitrogen and oxygen atoms in total. The maximum absolute atomic E-state index is 13.6. The molecule has 0 bridgehead atoms. The van der Waals surface area contributed by atoms with E-state index in [2.05, 4.69) is 5.32 Å². The molecule has 3 rings (SSSR count). The summed E-state index contributed by atoms with van der Waals surface area (Å²) in [6, 6.07) is 15.9. The van der Waals surface area contributed by atoms with Crippen LogP contribution in [0.3, 0.4) is 0 Å². The van der Waals surface area contributed by atoms with Gasteiger partial charge in [-0.2, -0.15) is 0 Å². The van der Waals surface area contributed by atoms with Gasteiger partial charge in [-0.3, -0.25) is 9.10 Å². The van der Waals surface area contributed by atoms with Gasteiger partial charge in [-0.1, -0.05) is 18.2 Å². The van der Waals surface area contributed by atoms with Crippen LogP contribution < -0.4 is 19.1 Å². The molecular weight excluding hydrogens is 516 g/mol. The van der Waals surface area contributed by atoms with Crippen molar-refractivity contribution in [2.24, 2.45) is 0 Å². The number of methoxy groups -OCH3 is 4. The minimum atomic E-state index is -4.24. The van der Waals surface area contributed by atoms with E-state index in [1.54, 1.807) is 18.2 Å². The van der Waals surface area contributed by atoms with E-state index in [0.717, 1.165) is 4.31 Å². The molecule has 0 saturated heterocycles. The Morgan fingerprint density at radius 1 is 0.789 bits per heavy atom. The average Bonchev–Trinajstić information content (AvgIpc) is 2.94. The summed E-state index contributed by atoms with van der Waals surface area (Å²) < 4.78 is 48.2. The fraction of sp³-hybridized carbons (Fsp3) is 0.192. The highest BCUT2D eigenvalue weighted by Gasteiger charge is 2.30. The minimum Gasteiger partial charge on any atom is -0.497 e. The van der Waals surface area contributed by atoms with Crippen molar-refractivity contribution in [2.45, 2.75) is 4.90 Å². The number of carbonyl (C=O) groups is 3. The topological polar surface area (TPSA) is 138 Å². The zero-order valence-corrected chi connectivity index (χ0v) is 21.9. The van der Waals surface area contributed by atoms with Crippen molar-refractivity contribution in [3.63, 3.8) is 0 Å². The van der Waals surface area contributed by atoms with Gasteiger partial charge in [-0.15, -0.1) is 0 Å². The highest BCUT2D eigenvalue weighted by Crippen LogP contribution is 2.35. The summed E-state index contributed by atoms with van der Waals surface area (Å²) in [6.07, 6.45) is 0. The average molecular weight is 543 g/mol. The van der Waals surface area contributed by atoms with Crippen LogP contribution in [-0.4, -0.2) is 61.2 Å². The number of esters is 2. The number of hydrogen-bond donors (Lipinski definition) is 1. The number of benzene rings is 3. The summed E-state index contributed by atoms with van der Waals surface area (Å²) in [6.45, 7) is -0.671. The van der Waals surface area contributed by atoms with Gasteiger partial charge < -0.3 is 24.3 Å². The van der Waals surface area contributed by atoms with E-state index in [0.29, 0.717) is 5.75 Å². The summed E-state index contributed by atoms with van der Waals surface area (Å²) in [5, 5.41) is 2.54. The fourth-order valence-corrected chi connectivity index (χ4v) is 4.96. The SMILES string of the molecule is COC(=O)c1cc(NC(=O)CN(c2ccc(OC)cc2OC)S(=O)(=O)c2ccccc2)cc(C(=O)OC)c1. The van der Waals surface area contributed by atoms with E-state index >= 15 is 0 Å². The van der Waals surface area contributed by atoms with Crippen LogP contribution in [0.2, 0.25) is 0 Å². The molecule has 0 aliphatic rings. The predicted molar refractivity (Wildman–Crippen MR) is 138 cm³/mol. The number of sulfonamides is 1. The Morgan fingerprint density at radius 2 is 1.39 bits per heavy atom. The lowest BCUT2D eigenvalue weighted by Crippen LogP contribution is -2.38. The van der Waals surface area contributed by atoms with Crippen LogP contribution in [0.4, 0.5) is 11.4 Å². The smallest absolute Gasteiger partial charge is 0.337 e. The first-order chi connectivity index (χ1) is 18.1. The van der Waals surface area contributed by atoms with Crippen LogP contribution in [0.25, 0.3) is 0 Å². The first-order valence-corrected chi connectivity index (χ1v) is 12.5. The quantitative estimate of drug-likeness (QED) is 0.383. The van der Waals surface area contributed by atoms with Crippen molar-refractivity contribution >= 4 is 39.2 Å². The van der Waals surface area contributed by atoms with E-state index in [4.69, 9.17) is 18.9 Å². The Balaban J connectivity index is 2.04. The number of nitrogens with zero attached hydrogens (tertiary/aromatic N) is 1. The number of carbonyl (C=O) groups excluding carboxylic acids is 3. The van der Waals surface area contributed by atoms with Gasteiger partial charge in [0.05, 0.1) is 50.1 Å². The molecule has 3 aromatic carbocycles. The Labute approximate surface area is 219 Å². The normalized spacial score (nSPS) is 10.7. The van der Waals surface area contributed by atoms with E-state index in [1.165, 1.54) is 77.0 Å². The number of nitrogens with one attached hydrogen (secondary N) is 1. The largest absolute Gasteiger partial charge is 0.497 e. The molecule has 0 spiro atoms. The maximum Gasteiger partial charge on any atom is 0.337 e. The van der Waals surface area contributed by atoms with Gasteiger partial charge in [0, 0.05) is 11.8 Å². The zero-order valence-electron chi connectivity index (χ0n) is 21.1. The summed E-state index contributed by atoms with van der Waals surface area (Å²) in [7, 11) is 0.901. The second-order valence-corrected chi connectivity index (χ2v) is 9.56. The highest BCUT2D eigenvalue weighted by atomic mass is 32.2. The molecule has 0 unspecified atom stereocenters. The zero-order chi connectivity index (χ0) is 27.9. The third-order valence-electron chi connectivity index (χ3n) is 5.33. The second kappa shape index (κ2) is 12.1. The van der Waals surface area contributed by atoms with Gasteiger partial charge in [-0.25, -0.2) is 18.0 Å². The number of anilines is 2. The van der Waals surface area contributed by atoms with E-state index < -0.39 is 34.4 Å². The summed E-state index contributed by atoms with van der Waals surface area (Å²) >= 11 is 0.